The SMILES string of the molecule is CN(C)C(=O)c1ccc([C@@H]2O[C@H](CO)[C@@H](O)[C@H]2O)cn1. The van der Waals surface area contributed by atoms with Crippen molar-refractivity contribution in [3.8, 4) is 0 Å². The van der Waals surface area contributed by atoms with E-state index in [1.807, 2.05) is 0 Å². The molecule has 20 heavy (non-hydrogen) atoms. The van der Waals surface area contributed by atoms with E-state index in [-0.39, 0.29) is 18.2 Å². The molecule has 0 spiro atoms. The average molecular weight is 282 g/mol. The molecule has 110 valence electrons. The molecule has 7 nitrogen and oxygen atoms in total. The van der Waals surface area contributed by atoms with E-state index in [9.17, 15) is 15.0 Å². The Morgan fingerprint density at radius 2 is 2.05 bits per heavy atom. The summed E-state index contributed by atoms with van der Waals surface area (Å²) >= 11 is 0. The molecule has 7 heteroatoms. The Balaban J connectivity index is 2.17. The minimum absolute atomic E-state index is 0.224. The van der Waals surface area contributed by atoms with E-state index in [0.29, 0.717) is 5.56 Å². The number of aliphatic hydroxyl groups excluding tert-OH is 3. The Morgan fingerprint density at radius 3 is 2.50 bits per heavy atom. The Kier molecular flexibility index (Phi) is 4.34. The first-order chi connectivity index (χ1) is 9.45. The molecule has 0 aromatic carbocycles. The number of nitrogens with zero attached hydrogens (tertiary/aromatic N) is 2. The first-order valence-corrected chi connectivity index (χ1v) is 6.25. The molecule has 4 atom stereocenters. The van der Waals surface area contributed by atoms with Crippen LogP contribution in [0, 0.1) is 0 Å². The average Bonchev–Trinajstić information content (AvgIpc) is 2.74. The molecule has 2 rings (SSSR count). The Bertz CT molecular complexity index is 476. The molecule has 3 N–H and O–H groups in total. The van der Waals surface area contributed by atoms with Gasteiger partial charge in [0.25, 0.3) is 5.91 Å². The normalized spacial score (nSPS) is 29.4. The largest absolute Gasteiger partial charge is 0.394 e. The Hall–Kier alpha value is -1.54. The third-order valence-electron chi connectivity index (χ3n) is 3.28. The first kappa shape index (κ1) is 14.9. The van der Waals surface area contributed by atoms with Crippen LogP contribution in [0.15, 0.2) is 18.3 Å². The monoisotopic (exact) mass is 282 g/mol. The summed E-state index contributed by atoms with van der Waals surface area (Å²) in [5.74, 6) is -0.224. The van der Waals surface area contributed by atoms with Crippen molar-refractivity contribution in [3.05, 3.63) is 29.6 Å². The smallest absolute Gasteiger partial charge is 0.271 e. The van der Waals surface area contributed by atoms with Crippen LogP contribution in [0.1, 0.15) is 22.2 Å². The van der Waals surface area contributed by atoms with Crippen LogP contribution in [0.25, 0.3) is 0 Å². The van der Waals surface area contributed by atoms with Crippen LogP contribution in [0.5, 0.6) is 0 Å². The van der Waals surface area contributed by atoms with Crippen LogP contribution < -0.4 is 0 Å². The third-order valence-corrected chi connectivity index (χ3v) is 3.28. The highest BCUT2D eigenvalue weighted by molar-refractivity contribution is 5.91. The van der Waals surface area contributed by atoms with Crippen LogP contribution in [0.4, 0.5) is 0 Å². The lowest BCUT2D eigenvalue weighted by Crippen LogP contribution is -2.32. The molecular weight excluding hydrogens is 264 g/mol. The highest BCUT2D eigenvalue weighted by Gasteiger charge is 2.43. The fourth-order valence-corrected chi connectivity index (χ4v) is 2.10. The molecule has 0 aliphatic carbocycles. The molecule has 0 unspecified atom stereocenters. The number of ether oxygens (including phenoxy) is 1. The van der Waals surface area contributed by atoms with Gasteiger partial charge in [0.2, 0.25) is 0 Å². The number of pyridine rings is 1. The number of carbonyl (C=O) groups is 1. The van der Waals surface area contributed by atoms with E-state index in [4.69, 9.17) is 9.84 Å². The lowest BCUT2D eigenvalue weighted by Gasteiger charge is -2.15. The van der Waals surface area contributed by atoms with E-state index < -0.39 is 24.4 Å². The van der Waals surface area contributed by atoms with Crippen molar-refractivity contribution in [2.45, 2.75) is 24.4 Å². The van der Waals surface area contributed by atoms with Crippen LogP contribution in [-0.4, -0.2) is 70.1 Å². The van der Waals surface area contributed by atoms with Crippen molar-refractivity contribution in [3.63, 3.8) is 0 Å². The van der Waals surface area contributed by atoms with E-state index in [0.717, 1.165) is 0 Å². The Labute approximate surface area is 116 Å². The second-order valence-corrected chi connectivity index (χ2v) is 4.94. The van der Waals surface area contributed by atoms with E-state index >= 15 is 0 Å². The first-order valence-electron chi connectivity index (χ1n) is 6.25. The van der Waals surface area contributed by atoms with Crippen LogP contribution in [0.3, 0.4) is 0 Å². The molecule has 0 radical (unpaired) electrons. The summed E-state index contributed by atoms with van der Waals surface area (Å²) in [4.78, 5) is 17.1. The maximum absolute atomic E-state index is 11.7. The van der Waals surface area contributed by atoms with Crippen molar-refractivity contribution in [1.82, 2.24) is 9.88 Å². The van der Waals surface area contributed by atoms with Gasteiger partial charge in [-0.25, -0.2) is 0 Å². The quantitative estimate of drug-likeness (QED) is 0.653. The van der Waals surface area contributed by atoms with E-state index in [1.165, 1.54) is 17.2 Å². The zero-order valence-electron chi connectivity index (χ0n) is 11.3. The van der Waals surface area contributed by atoms with Crippen LogP contribution >= 0.6 is 0 Å². The summed E-state index contributed by atoms with van der Waals surface area (Å²) in [6.45, 7) is -0.376. The van der Waals surface area contributed by atoms with Gasteiger partial charge >= 0.3 is 0 Å². The lowest BCUT2D eigenvalue weighted by atomic mass is 10.0. The summed E-state index contributed by atoms with van der Waals surface area (Å²) in [7, 11) is 3.26. The minimum Gasteiger partial charge on any atom is -0.394 e. The number of hydrogen-bond donors (Lipinski definition) is 3. The number of aliphatic hydroxyl groups is 3. The molecule has 1 aromatic rings. The van der Waals surface area contributed by atoms with Gasteiger partial charge in [-0.2, -0.15) is 0 Å². The van der Waals surface area contributed by atoms with Crippen LogP contribution in [-0.2, 0) is 4.74 Å². The summed E-state index contributed by atoms with van der Waals surface area (Å²) in [5.41, 5.74) is 0.827. The highest BCUT2D eigenvalue weighted by atomic mass is 16.6. The van der Waals surface area contributed by atoms with Gasteiger partial charge in [-0.15, -0.1) is 0 Å². The minimum atomic E-state index is -1.15. The van der Waals surface area contributed by atoms with E-state index in [2.05, 4.69) is 4.98 Å². The predicted octanol–water partition coefficient (Wildman–Crippen LogP) is -1.06. The number of amides is 1. The van der Waals surface area contributed by atoms with Gasteiger partial charge in [-0.3, -0.25) is 9.78 Å². The zero-order valence-corrected chi connectivity index (χ0v) is 11.3. The van der Waals surface area contributed by atoms with Crippen molar-refractivity contribution < 1.29 is 24.9 Å². The van der Waals surface area contributed by atoms with Gasteiger partial charge in [0, 0.05) is 25.9 Å². The van der Waals surface area contributed by atoms with Gasteiger partial charge in [0.15, 0.2) is 0 Å². The van der Waals surface area contributed by atoms with Crippen molar-refractivity contribution in [2.24, 2.45) is 0 Å². The molecule has 1 saturated heterocycles. The van der Waals surface area contributed by atoms with Gasteiger partial charge in [-0.05, 0) is 6.07 Å². The molecule has 1 aliphatic heterocycles. The molecule has 2 heterocycles. The lowest BCUT2D eigenvalue weighted by molar-refractivity contribution is -0.0228. The Morgan fingerprint density at radius 1 is 1.35 bits per heavy atom. The summed E-state index contributed by atoms with van der Waals surface area (Å²) in [5, 5.41) is 28.6. The summed E-state index contributed by atoms with van der Waals surface area (Å²) in [6, 6.07) is 3.15. The van der Waals surface area contributed by atoms with Gasteiger partial charge in [-0.1, -0.05) is 6.07 Å². The topological polar surface area (TPSA) is 103 Å². The molecule has 0 saturated carbocycles. The van der Waals surface area contributed by atoms with Gasteiger partial charge in [0.05, 0.1) is 6.61 Å². The summed E-state index contributed by atoms with van der Waals surface area (Å²) < 4.78 is 5.38. The highest BCUT2D eigenvalue weighted by Crippen LogP contribution is 2.33. The fourth-order valence-electron chi connectivity index (χ4n) is 2.10. The number of carbonyl (C=O) groups excluding carboxylic acids is 1. The number of hydrogen-bond acceptors (Lipinski definition) is 6. The second kappa shape index (κ2) is 5.84. The molecule has 1 aliphatic rings. The molecule has 1 amide bonds. The van der Waals surface area contributed by atoms with Crippen molar-refractivity contribution in [2.75, 3.05) is 20.7 Å². The van der Waals surface area contributed by atoms with Gasteiger partial charge in [0.1, 0.15) is 30.1 Å². The molecule has 1 aromatic heterocycles. The molecule has 1 fully saturated rings. The molecule has 0 bridgehead atoms. The van der Waals surface area contributed by atoms with Crippen molar-refractivity contribution >= 4 is 5.91 Å². The van der Waals surface area contributed by atoms with E-state index in [1.54, 1.807) is 20.2 Å². The zero-order chi connectivity index (χ0) is 14.9. The maximum atomic E-state index is 11.7. The van der Waals surface area contributed by atoms with Crippen LogP contribution in [0.2, 0.25) is 0 Å². The summed E-state index contributed by atoms with van der Waals surface area (Å²) in [6.07, 6.45) is -2.44. The second-order valence-electron chi connectivity index (χ2n) is 4.94. The number of rotatable bonds is 3. The predicted molar refractivity (Wildman–Crippen MR) is 69.0 cm³/mol. The fraction of sp³-hybridized carbons (Fsp3) is 0.538. The molecular formula is C13H18N2O5. The van der Waals surface area contributed by atoms with Crippen molar-refractivity contribution in [1.29, 1.82) is 0 Å². The maximum Gasteiger partial charge on any atom is 0.271 e. The number of aromatic nitrogens is 1. The third kappa shape index (κ3) is 2.66. The van der Waals surface area contributed by atoms with Gasteiger partial charge < -0.3 is 25.0 Å². The standard InChI is InChI=1S/C13H18N2O5/c1-15(2)13(19)8-4-3-7(5-14-8)12-11(18)10(17)9(6-16)20-12/h3-5,9-12,16-18H,6H2,1-2H3/t9-,10-,11-,12+/m1/s1.